The molecule has 3 aliphatic heterocycles. The van der Waals surface area contributed by atoms with Crippen molar-refractivity contribution in [3.05, 3.63) is 0 Å². The molecule has 0 amide bonds. The van der Waals surface area contributed by atoms with Crippen LogP contribution < -0.4 is 0 Å². The van der Waals surface area contributed by atoms with Gasteiger partial charge in [0.25, 0.3) is 0 Å². The number of hydrogen-bond acceptors (Lipinski definition) is 15. The summed E-state index contributed by atoms with van der Waals surface area (Å²) in [6.07, 6.45) is -21.9. The fourth-order valence-corrected chi connectivity index (χ4v) is 7.33. The predicted octanol–water partition coefficient (Wildman–Crippen LogP) is -5.68. The highest BCUT2D eigenvalue weighted by molar-refractivity contribution is 5.00. The summed E-state index contributed by atoms with van der Waals surface area (Å²) in [7, 11) is 0. The van der Waals surface area contributed by atoms with Crippen molar-refractivity contribution in [3.63, 3.8) is 0 Å². The second kappa shape index (κ2) is 13.6. The minimum atomic E-state index is -1.74. The van der Waals surface area contributed by atoms with E-state index in [1.54, 1.807) is 0 Å². The molecule has 2 aliphatic carbocycles. The van der Waals surface area contributed by atoms with Crippen LogP contribution >= 0.6 is 0 Å². The molecule has 5 fully saturated rings. The van der Waals surface area contributed by atoms with Crippen molar-refractivity contribution in [2.45, 2.75) is 149 Å². The maximum Gasteiger partial charge on any atom is 0.187 e. The second-order valence-corrected chi connectivity index (χ2v) is 12.8. The Kier molecular flexibility index (Phi) is 10.7. The molecule has 0 aromatic carbocycles. The smallest absolute Gasteiger partial charge is 0.187 e. The van der Waals surface area contributed by atoms with Crippen molar-refractivity contribution in [2.24, 2.45) is 11.8 Å². The minimum Gasteiger partial charge on any atom is -0.427 e. The molecule has 0 aromatic heterocycles. The van der Waals surface area contributed by atoms with E-state index in [-0.39, 0.29) is 32.1 Å². The van der Waals surface area contributed by atoms with Crippen molar-refractivity contribution < 1.29 is 79.9 Å². The molecule has 0 radical (unpaired) electrons. The summed E-state index contributed by atoms with van der Waals surface area (Å²) in [6.45, 7) is 0.740. The molecule has 5 aliphatic rings. The first-order valence-corrected chi connectivity index (χ1v) is 15.0. The van der Waals surface area contributed by atoms with Crippen molar-refractivity contribution >= 4 is 0 Å². The van der Waals surface area contributed by atoms with E-state index in [0.29, 0.717) is 0 Å². The lowest BCUT2D eigenvalue weighted by Gasteiger charge is -2.50. The predicted molar refractivity (Wildman–Crippen MR) is 140 cm³/mol. The summed E-state index contributed by atoms with van der Waals surface area (Å²) in [4.78, 5) is 0. The van der Waals surface area contributed by atoms with Gasteiger partial charge in [-0.15, -0.1) is 0 Å². The summed E-state index contributed by atoms with van der Waals surface area (Å²) >= 11 is 0. The van der Waals surface area contributed by atoms with Gasteiger partial charge < -0.3 is 79.9 Å². The number of ether oxygens (including phenoxy) is 5. The molecule has 0 aromatic rings. The van der Waals surface area contributed by atoms with Crippen LogP contribution in [0.15, 0.2) is 0 Å². The first kappa shape index (κ1) is 33.7. The molecule has 250 valence electrons. The molecular formula is C27H47O16+. The van der Waals surface area contributed by atoms with E-state index in [1.165, 1.54) is 6.92 Å². The zero-order valence-electron chi connectivity index (χ0n) is 23.8. The molecule has 0 bridgehead atoms. The molecule has 43 heavy (non-hydrogen) atoms. The van der Waals surface area contributed by atoms with Gasteiger partial charge >= 0.3 is 0 Å². The lowest BCUT2D eigenvalue weighted by Crippen LogP contribution is -2.65. The van der Waals surface area contributed by atoms with Crippen LogP contribution in [0.2, 0.25) is 0 Å². The fourth-order valence-electron chi connectivity index (χ4n) is 7.33. The van der Waals surface area contributed by atoms with Gasteiger partial charge in [0.2, 0.25) is 0 Å². The molecule has 16 heteroatoms. The van der Waals surface area contributed by atoms with Crippen LogP contribution in [0.1, 0.15) is 39.0 Å². The molecule has 16 nitrogen and oxygen atoms in total. The molecular weight excluding hydrogens is 580 g/mol. The van der Waals surface area contributed by atoms with Crippen molar-refractivity contribution in [1.82, 2.24) is 0 Å². The van der Waals surface area contributed by atoms with E-state index in [1.807, 2.05) is 0 Å². The lowest BCUT2D eigenvalue weighted by atomic mass is 9.72. The monoisotopic (exact) mass is 627 g/mol. The Labute approximate surface area is 248 Å². The molecule has 18 atom stereocenters. The third kappa shape index (κ3) is 6.76. The highest BCUT2D eigenvalue weighted by atomic mass is 16.8. The van der Waals surface area contributed by atoms with E-state index in [0.717, 1.165) is 0 Å². The summed E-state index contributed by atoms with van der Waals surface area (Å²) < 4.78 is 28.4. The average molecular weight is 628 g/mol. The van der Waals surface area contributed by atoms with Crippen molar-refractivity contribution in [1.29, 1.82) is 0 Å². The van der Waals surface area contributed by atoms with E-state index in [4.69, 9.17) is 23.7 Å². The Balaban J connectivity index is 1.41. The summed E-state index contributed by atoms with van der Waals surface area (Å²) in [5.41, 5.74) is 0. The molecule has 3 heterocycles. The van der Waals surface area contributed by atoms with Gasteiger partial charge in [-0.05, 0) is 26.2 Å². The van der Waals surface area contributed by atoms with Crippen molar-refractivity contribution in [3.8, 4) is 0 Å². The maximum atomic E-state index is 11.0. The lowest BCUT2D eigenvalue weighted by molar-refractivity contribution is -0.386. The van der Waals surface area contributed by atoms with Gasteiger partial charge in [0, 0.05) is 18.8 Å². The van der Waals surface area contributed by atoms with E-state index >= 15 is 0 Å². The van der Waals surface area contributed by atoms with E-state index in [9.17, 15) is 56.2 Å². The number of aliphatic hydroxyl groups is 13. The summed E-state index contributed by atoms with van der Waals surface area (Å²) in [5, 5.41) is 114. The SMILES string of the molecule is CC1OC(OC2C(OC3CC4C(O)CC(O)CC4[OH+]C3C3CC(O)C(O)C(O)C3)OC(CO)C(O)C2O)C(O)C(O)C1O. The number of rotatable bonds is 6. The van der Waals surface area contributed by atoms with Gasteiger partial charge in [-0.3, -0.25) is 0 Å². The van der Waals surface area contributed by atoms with Gasteiger partial charge in [0.1, 0.15) is 54.9 Å². The summed E-state index contributed by atoms with van der Waals surface area (Å²) in [5.74, 6) is -0.926. The number of aliphatic hydroxyl groups excluding tert-OH is 11. The standard InChI is InChI=1S/C27H46O16/c1-8-18(33)21(36)23(38)26(39-8)43-25-22(37)20(35)17(7-28)42-27(25)41-16-6-11-12(30)4-10(29)5-15(11)40-24(16)9-2-13(31)19(34)14(32)3-9/h8-38H,2-7H2,1H3/p+1. The fraction of sp³-hybridized carbons (Fsp3) is 1.00. The zero-order valence-corrected chi connectivity index (χ0v) is 23.8. The molecule has 12 N–H and O–H groups in total. The summed E-state index contributed by atoms with van der Waals surface area (Å²) in [6, 6.07) is 0. The third-order valence-corrected chi connectivity index (χ3v) is 9.86. The zero-order chi connectivity index (χ0) is 31.3. The molecule has 3 saturated heterocycles. The average Bonchev–Trinajstić information content (AvgIpc) is 2.96. The van der Waals surface area contributed by atoms with Gasteiger partial charge in [-0.25, -0.2) is 0 Å². The van der Waals surface area contributed by atoms with E-state index in [2.05, 4.69) is 0 Å². The van der Waals surface area contributed by atoms with Crippen molar-refractivity contribution in [2.75, 3.05) is 6.61 Å². The van der Waals surface area contributed by atoms with Gasteiger partial charge in [-0.2, -0.15) is 0 Å². The van der Waals surface area contributed by atoms with Crippen LogP contribution in [0, 0.1) is 11.8 Å². The van der Waals surface area contributed by atoms with Gasteiger partial charge in [-0.1, -0.05) is 0 Å². The van der Waals surface area contributed by atoms with Crippen LogP contribution in [0.5, 0.6) is 0 Å². The topological polar surface area (TPSA) is 272 Å². The van der Waals surface area contributed by atoms with Crippen LogP contribution in [-0.2, 0) is 18.9 Å². The van der Waals surface area contributed by atoms with Crippen LogP contribution in [-0.4, -0.2) is 178 Å². The third-order valence-electron chi connectivity index (χ3n) is 9.86. The quantitative estimate of drug-likeness (QED) is 0.123. The first-order chi connectivity index (χ1) is 20.3. The molecule has 5 rings (SSSR count). The highest BCUT2D eigenvalue weighted by Gasteiger charge is 2.56. The normalized spacial score (nSPS) is 56.4. The van der Waals surface area contributed by atoms with Crippen LogP contribution in [0.4, 0.5) is 0 Å². The second-order valence-electron chi connectivity index (χ2n) is 12.8. The number of fused-ring (bicyclic) bond motifs is 1. The van der Waals surface area contributed by atoms with Gasteiger partial charge in [0.15, 0.2) is 24.8 Å². The molecule has 2 saturated carbocycles. The van der Waals surface area contributed by atoms with E-state index < -0.39 is 129 Å². The Morgan fingerprint density at radius 3 is 1.98 bits per heavy atom. The molecule has 0 spiro atoms. The maximum absolute atomic E-state index is 11.0. The minimum absolute atomic E-state index is 0.0704. The first-order valence-electron chi connectivity index (χ1n) is 15.0. The Morgan fingerprint density at radius 2 is 1.33 bits per heavy atom. The van der Waals surface area contributed by atoms with Crippen LogP contribution in [0.3, 0.4) is 0 Å². The largest absolute Gasteiger partial charge is 0.427 e. The Morgan fingerprint density at radius 1 is 0.651 bits per heavy atom. The highest BCUT2D eigenvalue weighted by Crippen LogP contribution is 2.42. The Hall–Kier alpha value is -0.640. The Bertz CT molecular complexity index is 902. The van der Waals surface area contributed by atoms with Crippen LogP contribution in [0.25, 0.3) is 0 Å². The molecule has 18 unspecified atom stereocenters. The number of hydrogen-bond donors (Lipinski definition) is 11. The van der Waals surface area contributed by atoms with Gasteiger partial charge in [0.05, 0.1) is 43.0 Å².